The summed E-state index contributed by atoms with van der Waals surface area (Å²) in [5.41, 5.74) is 28.2. The minimum atomic E-state index is -2.15. The van der Waals surface area contributed by atoms with Crippen LogP contribution in [0.4, 0.5) is 0 Å². The molecule has 0 saturated heterocycles. The molecule has 1 aromatic heterocycles. The lowest BCUT2D eigenvalue weighted by atomic mass is 10.0. The van der Waals surface area contributed by atoms with Crippen molar-refractivity contribution in [3.8, 4) is 0 Å². The van der Waals surface area contributed by atoms with Crippen molar-refractivity contribution in [3.63, 3.8) is 0 Å². The predicted octanol–water partition coefficient (Wildman–Crippen LogP) is -15.7. The summed E-state index contributed by atoms with van der Waals surface area (Å²) >= 11 is 0. The normalized spacial score (nSPS) is 15.0. The van der Waals surface area contributed by atoms with Crippen LogP contribution in [0.5, 0.6) is 0 Å². The first kappa shape index (κ1) is 124. The minimum absolute atomic E-state index is 0.0373. The Morgan fingerprint density at radius 3 is 1.06 bits per heavy atom. The zero-order valence-electron chi connectivity index (χ0n) is 79.7. The number of carboxylic acids is 3. The number of carbonyl (C=O) groups excluding carboxylic acids is 18. The Morgan fingerprint density at radius 1 is 0.357 bits per heavy atom. The van der Waals surface area contributed by atoms with Crippen molar-refractivity contribution in [2.24, 2.45) is 40.5 Å². The number of aliphatic carboxylic acids is 3. The number of imidazole rings is 1. The van der Waals surface area contributed by atoms with Crippen molar-refractivity contribution >= 4 is 142 Å². The van der Waals surface area contributed by atoms with Gasteiger partial charge in [0.1, 0.15) is 96.7 Å². The summed E-state index contributed by atoms with van der Waals surface area (Å²) in [6.45, 7) is 3.42. The lowest BCUT2D eigenvalue weighted by molar-refractivity contribution is -0.142. The van der Waals surface area contributed by atoms with Crippen molar-refractivity contribution in [1.29, 1.82) is 16.2 Å². The summed E-state index contributed by atoms with van der Waals surface area (Å²) in [5.74, 6) is -29.5. The van der Waals surface area contributed by atoms with Gasteiger partial charge in [-0.25, -0.2) is 4.98 Å². The number of carboxylic acid groups (broad SMARTS) is 3. The number of nitrogens with one attached hydrogen (secondary N) is 24. The van der Waals surface area contributed by atoms with Gasteiger partial charge in [-0.2, -0.15) is 0 Å². The Balaban J connectivity index is 2.47. The van der Waals surface area contributed by atoms with Gasteiger partial charge in [-0.05, 0) is 96.0 Å². The van der Waals surface area contributed by atoms with E-state index in [0.29, 0.717) is 11.3 Å². The molecule has 0 aliphatic rings. The Bertz CT molecular complexity index is 4670. The summed E-state index contributed by atoms with van der Waals surface area (Å²) in [5, 5.41) is 161. The molecule has 18 amide bonds. The Labute approximate surface area is 818 Å². The molecule has 60 nitrogen and oxygen atoms in total. The van der Waals surface area contributed by atoms with Gasteiger partial charge in [-0.1, -0.05) is 58.0 Å². The SMILES string of the molecule is CC(C)C[C@H](NC(=O)[C@H](CCCNC(=N)N)NC(=O)[C@H](CO)NC(=O)[C@H](CC(C)C)NC(=O)[C@H](CCC(=O)O)NC(=O)[C@H](CO)NC(=O)[C@@H](NC(=O)[C@H](Cc1ccccc1)NC(=O)[C@@H](NC(=O)CNC(=O)[C@H](CC(=O)O)NC(=O)[C@H](CO)NC(=O)[C@@H](N)Cc1c[nH]cn1)[C@@H](C)O)[C@@H](C)O)C(=O)N[C@@H](CCCNC(=N)N)C(=O)N[C@@H](CC(=O)O)C(=O)N[C@@H](CO)C(=O)N[C@@H](C)C(=O)N[C@@H](CCCNC(=N)N)C(N)=O. The Morgan fingerprint density at radius 2 is 0.685 bits per heavy atom. The standard InChI is InChI=1S/C83H136N30O30/c1-37(2)24-49(71(134)100-46(17-12-22-94-82(88)89)69(132)106-53(29-61(125)126)73(136)109-54(32-114)75(138)98-39(5)65(128)99-45(64(85)127)16-11-21-93-81(86)87)103-68(131)47(18-13-23-95-83(90)91)101-76(139)56(34-116)110-72(135)50(25-38(3)4)104-70(133)48(19-20-59(121)122)102-77(140)57(35-117)111-80(143)63(41(7)119)113-74(137)51(26-42-14-9-8-10-15-42)107-79(142)62(40(6)118)112-58(120)31-96-67(130)52(28-60(123)124)105-78(141)55(33-115)108-66(129)44(84)27-43-30-92-36-97-43/h8-10,14-15,30,36-41,44-57,62-63,114-119H,11-13,16-29,31-35,84H2,1-7H3,(H2,85,127)(H,92,97)(H,96,130)(H,98,138)(H,99,128)(H,100,134)(H,101,139)(H,102,140)(H,103,131)(H,104,133)(H,105,141)(H,106,132)(H,107,142)(H,108,129)(H,109,136)(H,110,135)(H,111,143)(H,112,120)(H,113,137)(H,121,122)(H,123,124)(H,125,126)(H4,86,87,93)(H4,88,89,94)(H4,90,91,95)/t39-,40+,41+,44-,45-,46-,47-,48-,49-,50-,51-,52-,53-,54-,55-,56-,57-,62-,63-/m0/s1. The fourth-order valence-electron chi connectivity index (χ4n) is 13.2. The lowest BCUT2D eigenvalue weighted by Gasteiger charge is -2.29. The summed E-state index contributed by atoms with van der Waals surface area (Å²) < 4.78 is 0. The maximum atomic E-state index is 14.6. The van der Waals surface area contributed by atoms with Crippen LogP contribution in [-0.4, -0.2) is 366 Å². The van der Waals surface area contributed by atoms with E-state index < -0.39 is 328 Å². The molecule has 60 heteroatoms. The molecule has 2 rings (SSSR count). The zero-order valence-corrected chi connectivity index (χ0v) is 79.7. The number of H-pyrrole nitrogens is 1. The monoisotopic (exact) mass is 2030 g/mol. The molecule has 0 fully saturated rings. The van der Waals surface area contributed by atoms with Crippen LogP contribution in [0.1, 0.15) is 137 Å². The quantitative estimate of drug-likeness (QED) is 0.0166. The molecule has 1 aromatic carbocycles. The van der Waals surface area contributed by atoms with Crippen molar-refractivity contribution in [2.75, 3.05) is 52.6 Å². The molecule has 0 aliphatic carbocycles. The molecule has 0 radical (unpaired) electrons. The number of hydrogen-bond donors (Lipinski definition) is 38. The molecule has 43 N–H and O–H groups in total. The Hall–Kier alpha value is -15.2. The second-order valence-electron chi connectivity index (χ2n) is 33.8. The third-order valence-electron chi connectivity index (χ3n) is 20.7. The number of aliphatic hydroxyl groups is 6. The number of aromatic nitrogens is 2. The first-order valence-corrected chi connectivity index (χ1v) is 45.0. The van der Waals surface area contributed by atoms with Crippen LogP contribution in [0, 0.1) is 28.1 Å². The van der Waals surface area contributed by atoms with Crippen LogP contribution in [0.15, 0.2) is 42.9 Å². The average Bonchev–Trinajstić information content (AvgIpc) is 0.904. The molecule has 798 valence electrons. The van der Waals surface area contributed by atoms with Gasteiger partial charge in [0.15, 0.2) is 17.9 Å². The van der Waals surface area contributed by atoms with E-state index in [9.17, 15) is 147 Å². The number of guanidine groups is 3. The first-order valence-electron chi connectivity index (χ1n) is 45.0. The van der Waals surface area contributed by atoms with Gasteiger partial charge in [-0.3, -0.25) is 117 Å². The van der Waals surface area contributed by atoms with Crippen LogP contribution in [-0.2, 0) is 114 Å². The van der Waals surface area contributed by atoms with Crippen molar-refractivity contribution in [2.45, 2.75) is 253 Å². The third-order valence-corrected chi connectivity index (χ3v) is 20.7. The van der Waals surface area contributed by atoms with Gasteiger partial charge in [0.05, 0.1) is 76.1 Å². The van der Waals surface area contributed by atoms with Gasteiger partial charge in [0, 0.05) is 45.1 Å². The topological polar surface area (TPSA) is 1010 Å². The van der Waals surface area contributed by atoms with Crippen molar-refractivity contribution in [3.05, 3.63) is 54.1 Å². The molecule has 0 spiro atoms. The third kappa shape index (κ3) is 48.0. The van der Waals surface area contributed by atoms with Gasteiger partial charge in [-0.15, -0.1) is 0 Å². The van der Waals surface area contributed by atoms with Crippen molar-refractivity contribution in [1.82, 2.24) is 116 Å². The van der Waals surface area contributed by atoms with E-state index in [4.69, 9.17) is 44.9 Å². The van der Waals surface area contributed by atoms with E-state index in [0.717, 1.165) is 20.8 Å². The largest absolute Gasteiger partial charge is 0.481 e. The lowest BCUT2D eigenvalue weighted by Crippen LogP contribution is -2.63. The van der Waals surface area contributed by atoms with E-state index in [1.54, 1.807) is 33.8 Å². The number of aromatic amines is 1. The molecule has 1 heterocycles. The number of hydrogen-bond acceptors (Lipinski definition) is 32. The molecule has 0 bridgehead atoms. The summed E-state index contributed by atoms with van der Waals surface area (Å²) in [4.78, 5) is 291. The number of rotatable bonds is 68. The summed E-state index contributed by atoms with van der Waals surface area (Å²) in [7, 11) is 0. The second-order valence-corrected chi connectivity index (χ2v) is 33.8. The van der Waals surface area contributed by atoms with Crippen LogP contribution >= 0.6 is 0 Å². The van der Waals surface area contributed by atoms with Gasteiger partial charge >= 0.3 is 17.9 Å². The number of nitrogens with two attached hydrogens (primary N) is 5. The van der Waals surface area contributed by atoms with Crippen LogP contribution in [0.25, 0.3) is 0 Å². The van der Waals surface area contributed by atoms with E-state index in [-0.39, 0.29) is 83.4 Å². The zero-order chi connectivity index (χ0) is 108. The van der Waals surface area contributed by atoms with E-state index in [1.165, 1.54) is 36.8 Å². The molecule has 143 heavy (non-hydrogen) atoms. The number of nitrogens with zero attached hydrogens (tertiary/aromatic N) is 1. The number of primary amides is 1. The number of aliphatic hydroxyl groups excluding tert-OH is 6. The van der Waals surface area contributed by atoms with Gasteiger partial charge in [0.25, 0.3) is 0 Å². The number of benzene rings is 1. The van der Waals surface area contributed by atoms with E-state index in [1.807, 2.05) is 0 Å². The van der Waals surface area contributed by atoms with Crippen molar-refractivity contribution < 1.29 is 147 Å². The smallest absolute Gasteiger partial charge is 0.305 e. The molecule has 19 atom stereocenters. The second kappa shape index (κ2) is 64.2. The predicted molar refractivity (Wildman–Crippen MR) is 499 cm³/mol. The first-order chi connectivity index (χ1) is 67.1. The van der Waals surface area contributed by atoms with Crippen LogP contribution in [0.2, 0.25) is 0 Å². The molecular weight excluding hydrogens is 1900 g/mol. The Kier molecular flexibility index (Phi) is 55.6. The maximum absolute atomic E-state index is 14.6. The fourth-order valence-corrected chi connectivity index (χ4v) is 13.2. The number of amides is 18. The molecular formula is C83H136N30O30. The highest BCUT2D eigenvalue weighted by atomic mass is 16.4. The minimum Gasteiger partial charge on any atom is -0.481 e. The molecule has 2 aromatic rings. The highest BCUT2D eigenvalue weighted by Crippen LogP contribution is 2.15. The molecule has 0 saturated carbocycles. The fraction of sp³-hybridized carbons (Fsp3) is 0.602. The summed E-state index contributed by atoms with van der Waals surface area (Å²) in [6, 6.07) is -23.2. The highest BCUT2D eigenvalue weighted by Gasteiger charge is 2.41. The van der Waals surface area contributed by atoms with Crippen LogP contribution < -0.4 is 135 Å². The average molecular weight is 2030 g/mol. The van der Waals surface area contributed by atoms with E-state index >= 15 is 0 Å². The highest BCUT2D eigenvalue weighted by molar-refractivity contribution is 6.02. The van der Waals surface area contributed by atoms with Crippen LogP contribution in [0.3, 0.4) is 0 Å². The number of carbonyl (C=O) groups is 21. The van der Waals surface area contributed by atoms with Gasteiger partial charge < -0.3 is 186 Å². The molecule has 0 aliphatic heterocycles. The van der Waals surface area contributed by atoms with E-state index in [2.05, 4.69) is 116 Å². The maximum Gasteiger partial charge on any atom is 0.305 e. The summed E-state index contributed by atoms with van der Waals surface area (Å²) in [6.07, 6.45) is -6.94. The molecule has 0 unspecified atom stereocenters. The van der Waals surface area contributed by atoms with Gasteiger partial charge in [0.2, 0.25) is 106 Å².